The van der Waals surface area contributed by atoms with Crippen molar-refractivity contribution in [1.29, 1.82) is 0 Å². The van der Waals surface area contributed by atoms with Crippen molar-refractivity contribution >= 4 is 11.3 Å². The van der Waals surface area contributed by atoms with Gasteiger partial charge >= 0.3 is 0 Å². The second-order valence-corrected chi connectivity index (χ2v) is 5.98. The molecule has 2 atom stereocenters. The molecular formula is C14H19N3O2S. The van der Waals surface area contributed by atoms with Gasteiger partial charge in [0, 0.05) is 31.1 Å². The number of hydrogen-bond acceptors (Lipinski definition) is 6. The number of rotatable bonds is 4. The Morgan fingerprint density at radius 2 is 2.50 bits per heavy atom. The third kappa shape index (κ3) is 3.09. The van der Waals surface area contributed by atoms with Crippen molar-refractivity contribution in [1.82, 2.24) is 9.88 Å². The molecule has 0 radical (unpaired) electrons. The number of nitrogens with zero attached hydrogens (tertiary/aromatic N) is 2. The van der Waals surface area contributed by atoms with Crippen molar-refractivity contribution in [3.63, 3.8) is 0 Å². The van der Waals surface area contributed by atoms with E-state index in [1.165, 1.54) is 0 Å². The van der Waals surface area contributed by atoms with Gasteiger partial charge in [0.25, 0.3) is 0 Å². The monoisotopic (exact) mass is 293 g/mol. The molecule has 0 spiro atoms. The van der Waals surface area contributed by atoms with Crippen LogP contribution in [0.1, 0.15) is 12.6 Å². The lowest BCUT2D eigenvalue weighted by Gasteiger charge is -2.34. The predicted molar refractivity (Wildman–Crippen MR) is 78.5 cm³/mol. The molecule has 1 fully saturated rings. The molecule has 1 saturated heterocycles. The quantitative estimate of drug-likeness (QED) is 0.933. The molecule has 108 valence electrons. The first-order chi connectivity index (χ1) is 9.72. The van der Waals surface area contributed by atoms with Crippen molar-refractivity contribution in [2.75, 3.05) is 19.7 Å². The first kappa shape index (κ1) is 13.8. The molecule has 0 amide bonds. The Labute approximate surface area is 122 Å². The van der Waals surface area contributed by atoms with Crippen LogP contribution in [0.3, 0.4) is 0 Å². The normalized spacial score (nSPS) is 22.0. The van der Waals surface area contributed by atoms with Gasteiger partial charge in [-0.1, -0.05) is 0 Å². The smallest absolute Gasteiger partial charge is 0.162 e. The topological polar surface area (TPSA) is 64.5 Å². The Hall–Kier alpha value is -1.21. The number of furan rings is 1. The molecule has 1 aliphatic rings. The van der Waals surface area contributed by atoms with Gasteiger partial charge < -0.3 is 14.9 Å². The van der Waals surface area contributed by atoms with Gasteiger partial charge in [0.15, 0.2) is 10.8 Å². The summed E-state index contributed by atoms with van der Waals surface area (Å²) in [5, 5.41) is 3.02. The fourth-order valence-electron chi connectivity index (χ4n) is 2.32. The molecule has 0 aromatic carbocycles. The van der Waals surface area contributed by atoms with Gasteiger partial charge in [-0.15, -0.1) is 11.3 Å². The molecule has 5 nitrogen and oxygen atoms in total. The van der Waals surface area contributed by atoms with Crippen molar-refractivity contribution < 1.29 is 9.15 Å². The van der Waals surface area contributed by atoms with E-state index in [0.717, 1.165) is 42.7 Å². The number of nitrogens with two attached hydrogens (primary N) is 1. The van der Waals surface area contributed by atoms with Gasteiger partial charge in [-0.3, -0.25) is 4.90 Å². The minimum Gasteiger partial charge on any atom is -0.462 e. The maximum atomic E-state index is 5.91. The molecule has 20 heavy (non-hydrogen) atoms. The van der Waals surface area contributed by atoms with Crippen molar-refractivity contribution in [3.05, 3.63) is 29.5 Å². The summed E-state index contributed by atoms with van der Waals surface area (Å²) in [6.45, 7) is 5.36. The molecule has 3 rings (SSSR count). The third-order valence-corrected chi connectivity index (χ3v) is 4.34. The van der Waals surface area contributed by atoms with Gasteiger partial charge in [-0.2, -0.15) is 0 Å². The standard InChI is InChI=1S/C14H19N3O2S/c1-10(15)13-8-17(4-6-19-13)7-11-9-20-14(16-11)12-3-2-5-18-12/h2-3,5,9-10,13H,4,6-8,15H2,1H3. The summed E-state index contributed by atoms with van der Waals surface area (Å²) in [6, 6.07) is 3.88. The van der Waals surface area contributed by atoms with E-state index in [1.54, 1.807) is 17.6 Å². The number of morpholine rings is 1. The molecule has 3 heterocycles. The maximum absolute atomic E-state index is 5.91. The van der Waals surface area contributed by atoms with E-state index in [9.17, 15) is 0 Å². The molecule has 0 aliphatic carbocycles. The number of thiazole rings is 1. The summed E-state index contributed by atoms with van der Waals surface area (Å²) >= 11 is 1.62. The van der Waals surface area contributed by atoms with Gasteiger partial charge in [0.05, 0.1) is 24.7 Å². The molecule has 1 aliphatic heterocycles. The maximum Gasteiger partial charge on any atom is 0.162 e. The summed E-state index contributed by atoms with van der Waals surface area (Å²) in [6.07, 6.45) is 1.79. The van der Waals surface area contributed by atoms with Gasteiger partial charge in [0.2, 0.25) is 0 Å². The molecule has 2 aromatic heterocycles. The minimum atomic E-state index is 0.0620. The third-order valence-electron chi connectivity index (χ3n) is 3.43. The van der Waals surface area contributed by atoms with E-state index < -0.39 is 0 Å². The second-order valence-electron chi connectivity index (χ2n) is 5.12. The van der Waals surface area contributed by atoms with E-state index in [4.69, 9.17) is 14.9 Å². The Balaban J connectivity index is 1.63. The molecular weight excluding hydrogens is 274 g/mol. The largest absolute Gasteiger partial charge is 0.462 e. The Morgan fingerprint density at radius 3 is 3.25 bits per heavy atom. The summed E-state index contributed by atoms with van der Waals surface area (Å²) < 4.78 is 11.0. The van der Waals surface area contributed by atoms with Crippen molar-refractivity contribution in [3.8, 4) is 10.8 Å². The lowest BCUT2D eigenvalue weighted by Crippen LogP contribution is -2.49. The zero-order chi connectivity index (χ0) is 13.9. The average molecular weight is 293 g/mol. The first-order valence-electron chi connectivity index (χ1n) is 6.80. The minimum absolute atomic E-state index is 0.0620. The van der Waals surface area contributed by atoms with Crippen LogP contribution < -0.4 is 5.73 Å². The molecule has 0 saturated carbocycles. The molecule has 2 unspecified atom stereocenters. The predicted octanol–water partition coefficient (Wildman–Crippen LogP) is 1.95. The Bertz CT molecular complexity index is 538. The number of ether oxygens (including phenoxy) is 1. The molecule has 0 bridgehead atoms. The van der Waals surface area contributed by atoms with Gasteiger partial charge in [-0.25, -0.2) is 4.98 Å². The summed E-state index contributed by atoms with van der Waals surface area (Å²) in [4.78, 5) is 6.97. The zero-order valence-electron chi connectivity index (χ0n) is 11.5. The second kappa shape index (κ2) is 6.05. The summed E-state index contributed by atoms with van der Waals surface area (Å²) in [5.41, 5.74) is 6.99. The van der Waals surface area contributed by atoms with Crippen LogP contribution in [0.5, 0.6) is 0 Å². The van der Waals surface area contributed by atoms with E-state index in [-0.39, 0.29) is 12.1 Å². The lowest BCUT2D eigenvalue weighted by molar-refractivity contribution is -0.0406. The van der Waals surface area contributed by atoms with Gasteiger partial charge in [0.1, 0.15) is 0 Å². The van der Waals surface area contributed by atoms with Crippen LogP contribution in [0.25, 0.3) is 10.8 Å². The average Bonchev–Trinajstić information content (AvgIpc) is 3.09. The van der Waals surface area contributed by atoms with Crippen LogP contribution in [-0.2, 0) is 11.3 Å². The van der Waals surface area contributed by atoms with E-state index in [2.05, 4.69) is 15.3 Å². The van der Waals surface area contributed by atoms with Crippen LogP contribution in [0.4, 0.5) is 0 Å². The highest BCUT2D eigenvalue weighted by Crippen LogP contribution is 2.24. The summed E-state index contributed by atoms with van der Waals surface area (Å²) in [5.74, 6) is 0.830. The highest BCUT2D eigenvalue weighted by atomic mass is 32.1. The fourth-order valence-corrected chi connectivity index (χ4v) is 3.09. The number of hydrogen-bond donors (Lipinski definition) is 1. The highest BCUT2D eigenvalue weighted by molar-refractivity contribution is 7.13. The van der Waals surface area contributed by atoms with E-state index in [0.29, 0.717) is 0 Å². The van der Waals surface area contributed by atoms with Crippen LogP contribution in [0.15, 0.2) is 28.2 Å². The number of aromatic nitrogens is 1. The molecule has 6 heteroatoms. The van der Waals surface area contributed by atoms with Gasteiger partial charge in [-0.05, 0) is 19.1 Å². The van der Waals surface area contributed by atoms with E-state index in [1.807, 2.05) is 19.1 Å². The van der Waals surface area contributed by atoms with Crippen molar-refractivity contribution in [2.24, 2.45) is 5.73 Å². The molecule has 2 aromatic rings. The SMILES string of the molecule is CC(N)C1CN(Cc2csc(-c3ccco3)n2)CCO1. The van der Waals surface area contributed by atoms with Crippen LogP contribution in [-0.4, -0.2) is 41.7 Å². The van der Waals surface area contributed by atoms with Crippen LogP contribution in [0, 0.1) is 0 Å². The summed E-state index contributed by atoms with van der Waals surface area (Å²) in [7, 11) is 0. The zero-order valence-corrected chi connectivity index (χ0v) is 12.3. The first-order valence-corrected chi connectivity index (χ1v) is 7.68. The Morgan fingerprint density at radius 1 is 1.60 bits per heavy atom. The fraction of sp³-hybridized carbons (Fsp3) is 0.500. The lowest BCUT2D eigenvalue weighted by atomic mass is 10.1. The van der Waals surface area contributed by atoms with Crippen LogP contribution >= 0.6 is 11.3 Å². The van der Waals surface area contributed by atoms with E-state index >= 15 is 0 Å². The Kier molecular flexibility index (Phi) is 4.16. The van der Waals surface area contributed by atoms with Crippen LogP contribution in [0.2, 0.25) is 0 Å². The highest BCUT2D eigenvalue weighted by Gasteiger charge is 2.23. The molecule has 2 N–H and O–H groups in total. The van der Waals surface area contributed by atoms with Crippen molar-refractivity contribution in [2.45, 2.75) is 25.6 Å².